The maximum absolute atomic E-state index is 5.39. The third-order valence-corrected chi connectivity index (χ3v) is 0.941. The molecular weight excluding hydrogens is 102 g/mol. The van der Waals surface area contributed by atoms with E-state index in [-0.39, 0.29) is 0 Å². The Morgan fingerprint density at radius 3 is 2.88 bits per heavy atom. The van der Waals surface area contributed by atoms with Gasteiger partial charge in [-0.15, -0.1) is 0 Å². The van der Waals surface area contributed by atoms with Crippen molar-refractivity contribution in [3.05, 3.63) is 19.0 Å². The fraction of sp³-hybridized carbons (Fsp3) is 0. The molecule has 0 fully saturated rings. The maximum Gasteiger partial charge on any atom is 0.357 e. The molecule has 0 spiro atoms. The third kappa shape index (κ3) is 0.578. The molecule has 0 amide bonds. The van der Waals surface area contributed by atoms with E-state index in [9.17, 15) is 0 Å². The lowest BCUT2D eigenvalue weighted by atomic mass is 10.8. The van der Waals surface area contributed by atoms with Gasteiger partial charge in [0.25, 0.3) is 0 Å². The van der Waals surface area contributed by atoms with Crippen LogP contribution in [0.2, 0.25) is 0 Å². The molecule has 0 aliphatic carbocycles. The highest BCUT2D eigenvalue weighted by molar-refractivity contribution is 5.10. The van der Waals surface area contributed by atoms with E-state index in [2.05, 4.69) is 11.6 Å². The predicted octanol–water partition coefficient (Wildman–Crippen LogP) is -0.0151. The largest absolute Gasteiger partial charge is 0.357 e. The molecule has 0 aromatic carbocycles. The zero-order valence-corrected chi connectivity index (χ0v) is 4.46. The van der Waals surface area contributed by atoms with Crippen LogP contribution in [0.25, 0.3) is 6.20 Å². The Bertz CT molecular complexity index is 189. The Kier molecular flexibility index (Phi) is 1.04. The number of nitrogen functional groups attached to an aromatic ring is 1. The van der Waals surface area contributed by atoms with E-state index in [0.29, 0.717) is 5.95 Å². The van der Waals surface area contributed by atoms with Gasteiger partial charge in [0.1, 0.15) is 6.20 Å². The van der Waals surface area contributed by atoms with Crippen LogP contribution in [0.15, 0.2) is 19.0 Å². The van der Waals surface area contributed by atoms with Crippen molar-refractivity contribution >= 4 is 12.1 Å². The Morgan fingerprint density at radius 2 is 2.62 bits per heavy atom. The number of nitrogens with one attached hydrogen (secondary N) is 1. The second-order valence-electron chi connectivity index (χ2n) is 1.44. The van der Waals surface area contributed by atoms with Crippen molar-refractivity contribution in [2.24, 2.45) is 0 Å². The van der Waals surface area contributed by atoms with Crippen LogP contribution < -0.4 is 10.3 Å². The Balaban J connectivity index is 3.09. The summed E-state index contributed by atoms with van der Waals surface area (Å²) in [7, 11) is 0. The molecule has 0 aliphatic heterocycles. The Labute approximate surface area is 47.5 Å². The van der Waals surface area contributed by atoms with Gasteiger partial charge in [0.15, 0.2) is 0 Å². The first-order valence-corrected chi connectivity index (χ1v) is 2.31. The van der Waals surface area contributed by atoms with E-state index >= 15 is 0 Å². The number of anilines is 1. The molecule has 0 bridgehead atoms. The van der Waals surface area contributed by atoms with Gasteiger partial charge in [0.2, 0.25) is 0 Å². The quantitative estimate of drug-likeness (QED) is 0.490. The molecule has 0 saturated heterocycles. The molecule has 8 heavy (non-hydrogen) atoms. The van der Waals surface area contributed by atoms with Crippen molar-refractivity contribution in [2.45, 2.75) is 0 Å². The van der Waals surface area contributed by atoms with E-state index in [4.69, 9.17) is 5.73 Å². The fourth-order valence-corrected chi connectivity index (χ4v) is 0.517. The topological polar surface area (TPSA) is 45.7 Å². The summed E-state index contributed by atoms with van der Waals surface area (Å²) in [4.78, 5) is 2.79. The van der Waals surface area contributed by atoms with Crippen LogP contribution in [0.4, 0.5) is 5.95 Å². The number of imidazole rings is 1. The van der Waals surface area contributed by atoms with E-state index in [1.54, 1.807) is 23.2 Å². The minimum absolute atomic E-state index is 0.597. The number of hydrogen-bond donors (Lipinski definition) is 2. The Morgan fingerprint density at radius 1 is 1.88 bits per heavy atom. The van der Waals surface area contributed by atoms with E-state index in [1.165, 1.54) is 0 Å². The summed E-state index contributed by atoms with van der Waals surface area (Å²) in [6, 6.07) is 0. The number of aromatic amines is 1. The van der Waals surface area contributed by atoms with Gasteiger partial charge < -0.3 is 0 Å². The first-order valence-electron chi connectivity index (χ1n) is 2.31. The van der Waals surface area contributed by atoms with Gasteiger partial charge in [-0.1, -0.05) is 6.58 Å². The highest BCUT2D eigenvalue weighted by Gasteiger charge is 1.95. The molecule has 3 heteroatoms. The second-order valence-corrected chi connectivity index (χ2v) is 1.44. The van der Waals surface area contributed by atoms with E-state index < -0.39 is 0 Å². The van der Waals surface area contributed by atoms with Crippen molar-refractivity contribution in [3.63, 3.8) is 0 Å². The molecular formula is C5H8N3+. The van der Waals surface area contributed by atoms with Crippen LogP contribution in [0.1, 0.15) is 0 Å². The molecule has 3 N–H and O–H groups in total. The summed E-state index contributed by atoms with van der Waals surface area (Å²) in [6.07, 6.45) is 5.17. The van der Waals surface area contributed by atoms with Crippen LogP contribution in [-0.4, -0.2) is 4.98 Å². The summed E-state index contributed by atoms with van der Waals surface area (Å²) in [5, 5.41) is 0. The average Bonchev–Trinajstić information content (AvgIpc) is 2.14. The lowest BCUT2D eigenvalue weighted by Gasteiger charge is -1.81. The molecule has 3 nitrogen and oxygen atoms in total. The highest BCUT2D eigenvalue weighted by Crippen LogP contribution is 1.82. The van der Waals surface area contributed by atoms with Gasteiger partial charge in [0, 0.05) is 0 Å². The van der Waals surface area contributed by atoms with Crippen molar-refractivity contribution in [1.29, 1.82) is 0 Å². The van der Waals surface area contributed by atoms with Gasteiger partial charge >= 0.3 is 5.95 Å². The zero-order valence-electron chi connectivity index (χ0n) is 4.46. The first-order chi connectivity index (χ1) is 3.84. The molecule has 1 heterocycles. The van der Waals surface area contributed by atoms with Gasteiger partial charge in [-0.25, -0.2) is 9.55 Å². The number of nitrogens with zero attached hydrogens (tertiary/aromatic N) is 1. The van der Waals surface area contributed by atoms with Crippen molar-refractivity contribution in [2.75, 3.05) is 5.73 Å². The molecule has 0 radical (unpaired) electrons. The minimum atomic E-state index is 0.597. The fourth-order valence-electron chi connectivity index (χ4n) is 0.517. The van der Waals surface area contributed by atoms with Crippen molar-refractivity contribution < 1.29 is 4.57 Å². The maximum atomic E-state index is 5.39. The summed E-state index contributed by atoms with van der Waals surface area (Å²) < 4.78 is 1.69. The summed E-state index contributed by atoms with van der Waals surface area (Å²) in [5.41, 5.74) is 5.39. The van der Waals surface area contributed by atoms with Crippen LogP contribution in [0.3, 0.4) is 0 Å². The molecule has 0 unspecified atom stereocenters. The lowest BCUT2D eigenvalue weighted by Crippen LogP contribution is -2.26. The monoisotopic (exact) mass is 110 g/mol. The molecule has 0 aliphatic rings. The smallest absolute Gasteiger partial charge is 0.290 e. The summed E-state index contributed by atoms with van der Waals surface area (Å²) in [6.45, 7) is 3.53. The zero-order chi connectivity index (χ0) is 5.98. The Hall–Kier alpha value is -1.25. The van der Waals surface area contributed by atoms with E-state index in [1.807, 2.05) is 0 Å². The molecule has 1 aromatic rings. The van der Waals surface area contributed by atoms with Crippen LogP contribution in [-0.2, 0) is 0 Å². The molecule has 0 saturated carbocycles. The number of aromatic nitrogens is 2. The van der Waals surface area contributed by atoms with Crippen molar-refractivity contribution in [3.8, 4) is 0 Å². The van der Waals surface area contributed by atoms with Crippen LogP contribution in [0.5, 0.6) is 0 Å². The summed E-state index contributed by atoms with van der Waals surface area (Å²) in [5.74, 6) is 0.597. The van der Waals surface area contributed by atoms with Gasteiger partial charge in [-0.3, -0.25) is 5.73 Å². The number of hydrogen-bond acceptors (Lipinski definition) is 1. The van der Waals surface area contributed by atoms with E-state index in [0.717, 1.165) is 0 Å². The lowest BCUT2D eigenvalue weighted by molar-refractivity contribution is -0.550. The standard InChI is InChI=1S/C5H7N3/c1-2-8-4-3-7-5(8)6/h2-4H,1H2,(H2,6,7)/p+1. The first kappa shape index (κ1) is 4.90. The summed E-state index contributed by atoms with van der Waals surface area (Å²) >= 11 is 0. The van der Waals surface area contributed by atoms with Crippen LogP contribution >= 0.6 is 0 Å². The predicted molar refractivity (Wildman–Crippen MR) is 31.8 cm³/mol. The van der Waals surface area contributed by atoms with Crippen LogP contribution in [0, 0.1) is 0 Å². The van der Waals surface area contributed by atoms with Gasteiger partial charge in [-0.2, -0.15) is 0 Å². The number of rotatable bonds is 1. The molecule has 42 valence electrons. The van der Waals surface area contributed by atoms with Gasteiger partial charge in [-0.05, 0) is 0 Å². The average molecular weight is 110 g/mol. The number of H-pyrrole nitrogens is 1. The number of nitrogens with two attached hydrogens (primary N) is 1. The third-order valence-electron chi connectivity index (χ3n) is 0.941. The second kappa shape index (κ2) is 1.69. The minimum Gasteiger partial charge on any atom is -0.290 e. The molecule has 1 rings (SSSR count). The highest BCUT2D eigenvalue weighted by atomic mass is 15.1. The normalized spacial score (nSPS) is 9.00. The van der Waals surface area contributed by atoms with Gasteiger partial charge in [0.05, 0.1) is 12.4 Å². The SMILES string of the molecule is C=C[n+]1cc[nH]c1N. The van der Waals surface area contributed by atoms with Crippen molar-refractivity contribution in [1.82, 2.24) is 4.98 Å². The molecule has 1 aromatic heterocycles. The molecule has 0 atom stereocenters.